The van der Waals surface area contributed by atoms with Gasteiger partial charge in [0.1, 0.15) is 18.3 Å². The third kappa shape index (κ3) is 8.10. The minimum atomic E-state index is -4.13. The molecule has 0 saturated carbocycles. The number of rotatable bonds is 13. The molecule has 9 heteroatoms. The smallest absolute Gasteiger partial charge is 0.264 e. The number of benzene rings is 3. The monoisotopic (exact) mass is 579 g/mol. The molecule has 2 atom stereocenters. The molecular weight excluding hydrogens is 538 g/mol. The summed E-state index contributed by atoms with van der Waals surface area (Å²) in [4.78, 5) is 28.8. The van der Waals surface area contributed by atoms with E-state index in [1.165, 1.54) is 17.0 Å². The van der Waals surface area contributed by atoms with Crippen LogP contribution in [0.25, 0.3) is 0 Å². The molecule has 0 saturated heterocycles. The number of aryl methyl sites for hydroxylation is 2. The van der Waals surface area contributed by atoms with E-state index < -0.39 is 28.5 Å². The third-order valence-electron chi connectivity index (χ3n) is 7.09. The van der Waals surface area contributed by atoms with Crippen LogP contribution in [0.4, 0.5) is 5.69 Å². The molecule has 41 heavy (non-hydrogen) atoms. The summed E-state index contributed by atoms with van der Waals surface area (Å²) in [6.07, 6.45) is 0.741. The molecule has 0 aliphatic rings. The highest BCUT2D eigenvalue weighted by molar-refractivity contribution is 7.92. The number of anilines is 1. The zero-order valence-corrected chi connectivity index (χ0v) is 25.6. The number of hydrogen-bond acceptors (Lipinski definition) is 5. The lowest BCUT2D eigenvalue weighted by atomic mass is 10.1. The van der Waals surface area contributed by atoms with Gasteiger partial charge in [-0.25, -0.2) is 8.42 Å². The number of nitrogens with one attached hydrogen (secondary N) is 1. The predicted molar refractivity (Wildman–Crippen MR) is 162 cm³/mol. The summed E-state index contributed by atoms with van der Waals surface area (Å²) < 4.78 is 34.5. The molecule has 3 aromatic carbocycles. The first-order valence-corrected chi connectivity index (χ1v) is 15.4. The van der Waals surface area contributed by atoms with Crippen LogP contribution in [0.3, 0.4) is 0 Å². The average molecular weight is 580 g/mol. The van der Waals surface area contributed by atoms with Gasteiger partial charge in [-0.2, -0.15) is 0 Å². The van der Waals surface area contributed by atoms with Gasteiger partial charge in [-0.3, -0.25) is 13.9 Å². The summed E-state index contributed by atoms with van der Waals surface area (Å²) in [5.41, 5.74) is 3.07. The highest BCUT2D eigenvalue weighted by atomic mass is 32.2. The van der Waals surface area contributed by atoms with Crippen LogP contribution < -0.4 is 14.4 Å². The number of carbonyl (C=O) groups excluding carboxylic acids is 2. The highest BCUT2D eigenvalue weighted by Crippen LogP contribution is 2.27. The van der Waals surface area contributed by atoms with Crippen molar-refractivity contribution in [2.24, 2.45) is 0 Å². The van der Waals surface area contributed by atoms with Crippen molar-refractivity contribution in [3.8, 4) is 5.75 Å². The van der Waals surface area contributed by atoms with E-state index in [9.17, 15) is 18.0 Å². The molecule has 0 bridgehead atoms. The van der Waals surface area contributed by atoms with Crippen molar-refractivity contribution in [2.75, 3.05) is 17.5 Å². The lowest BCUT2D eigenvalue weighted by Crippen LogP contribution is -2.52. The van der Waals surface area contributed by atoms with Crippen LogP contribution in [-0.2, 0) is 26.2 Å². The minimum Gasteiger partial charge on any atom is -0.494 e. The lowest BCUT2D eigenvalue weighted by Gasteiger charge is -2.32. The molecule has 1 N–H and O–H groups in total. The fraction of sp³-hybridized carbons (Fsp3) is 0.375. The van der Waals surface area contributed by atoms with Gasteiger partial charge < -0.3 is 15.0 Å². The molecule has 0 heterocycles. The summed E-state index contributed by atoms with van der Waals surface area (Å²) in [5.74, 6) is -0.202. The molecule has 0 aromatic heterocycles. The van der Waals surface area contributed by atoms with Crippen LogP contribution in [0.15, 0.2) is 77.7 Å². The molecule has 8 nitrogen and oxygen atoms in total. The Bertz CT molecular complexity index is 1420. The van der Waals surface area contributed by atoms with Gasteiger partial charge in [-0.05, 0) is 88.6 Å². The van der Waals surface area contributed by atoms with Crippen LogP contribution in [0.5, 0.6) is 5.75 Å². The fourth-order valence-corrected chi connectivity index (χ4v) is 5.67. The fourth-order valence-electron chi connectivity index (χ4n) is 4.26. The molecule has 0 aliphatic carbocycles. The second-order valence-corrected chi connectivity index (χ2v) is 12.1. The van der Waals surface area contributed by atoms with E-state index in [-0.39, 0.29) is 23.4 Å². The number of nitrogens with zero attached hydrogens (tertiary/aromatic N) is 2. The van der Waals surface area contributed by atoms with Gasteiger partial charge in [-0.15, -0.1) is 0 Å². The SMILES string of the molecule is CCOc1ccc(N(CC(=O)N(Cc2ccccc2C)[C@H](C)C(=O)N[C@@H](C)CC)S(=O)(=O)c2ccc(C)cc2)cc1. The molecular formula is C32H41N3O5S. The maximum atomic E-state index is 14.1. The Hall–Kier alpha value is -3.85. The second kappa shape index (κ2) is 14.2. The zero-order chi connectivity index (χ0) is 30.2. The van der Waals surface area contributed by atoms with Crippen LogP contribution in [0.2, 0.25) is 0 Å². The molecule has 2 amide bonds. The van der Waals surface area contributed by atoms with Gasteiger partial charge >= 0.3 is 0 Å². The largest absolute Gasteiger partial charge is 0.494 e. The van der Waals surface area contributed by atoms with Gasteiger partial charge in [0.2, 0.25) is 11.8 Å². The van der Waals surface area contributed by atoms with Crippen molar-refractivity contribution in [3.05, 3.63) is 89.5 Å². The average Bonchev–Trinajstić information content (AvgIpc) is 2.95. The molecule has 0 fully saturated rings. The van der Waals surface area contributed by atoms with Gasteiger partial charge in [0.15, 0.2) is 0 Å². The van der Waals surface area contributed by atoms with Crippen molar-refractivity contribution in [2.45, 2.75) is 71.5 Å². The molecule has 0 unspecified atom stereocenters. The first-order valence-electron chi connectivity index (χ1n) is 13.9. The maximum absolute atomic E-state index is 14.1. The molecule has 220 valence electrons. The topological polar surface area (TPSA) is 96.0 Å². The number of hydrogen-bond donors (Lipinski definition) is 1. The van der Waals surface area contributed by atoms with E-state index in [0.29, 0.717) is 18.0 Å². The lowest BCUT2D eigenvalue weighted by molar-refractivity contribution is -0.139. The minimum absolute atomic E-state index is 0.0670. The maximum Gasteiger partial charge on any atom is 0.264 e. The van der Waals surface area contributed by atoms with Gasteiger partial charge in [-0.1, -0.05) is 48.9 Å². The van der Waals surface area contributed by atoms with E-state index in [2.05, 4.69) is 5.32 Å². The Morgan fingerprint density at radius 1 is 0.902 bits per heavy atom. The van der Waals surface area contributed by atoms with Crippen molar-refractivity contribution in [1.82, 2.24) is 10.2 Å². The van der Waals surface area contributed by atoms with Crippen LogP contribution in [0.1, 0.15) is 50.8 Å². The Morgan fingerprint density at radius 3 is 2.12 bits per heavy atom. The number of amides is 2. The van der Waals surface area contributed by atoms with Crippen molar-refractivity contribution >= 4 is 27.5 Å². The summed E-state index contributed by atoms with van der Waals surface area (Å²) in [6, 6.07) is 19.8. The Balaban J connectivity index is 2.04. The standard InChI is InChI=1S/C32H41N3O5S/c1-7-25(5)33-32(37)26(6)34(21-27-12-10-9-11-24(27)4)31(36)22-35(28-15-17-29(18-16-28)40-8-2)41(38,39)30-19-13-23(3)14-20-30/h9-20,25-26H,7-8,21-22H2,1-6H3,(H,33,37)/t25-,26+/m0/s1. The number of ether oxygens (including phenoxy) is 1. The van der Waals surface area contributed by atoms with Crippen LogP contribution in [-0.4, -0.2) is 50.4 Å². The molecule has 0 radical (unpaired) electrons. The quantitative estimate of drug-likeness (QED) is 0.299. The third-order valence-corrected chi connectivity index (χ3v) is 8.88. The molecule has 0 aliphatic heterocycles. The number of carbonyl (C=O) groups is 2. The zero-order valence-electron chi connectivity index (χ0n) is 24.8. The summed E-state index contributed by atoms with van der Waals surface area (Å²) in [6.45, 7) is 11.4. The first-order chi connectivity index (χ1) is 19.5. The van der Waals surface area contributed by atoms with Crippen LogP contribution >= 0.6 is 0 Å². The van der Waals surface area contributed by atoms with Crippen molar-refractivity contribution in [1.29, 1.82) is 0 Å². The molecule has 3 rings (SSSR count). The summed E-state index contributed by atoms with van der Waals surface area (Å²) in [5, 5.41) is 2.95. The van der Waals surface area contributed by atoms with E-state index in [4.69, 9.17) is 4.74 Å². The van der Waals surface area contributed by atoms with Crippen molar-refractivity contribution in [3.63, 3.8) is 0 Å². The van der Waals surface area contributed by atoms with E-state index in [0.717, 1.165) is 27.4 Å². The van der Waals surface area contributed by atoms with E-state index in [1.54, 1.807) is 43.3 Å². The Kier molecular flexibility index (Phi) is 10.9. The van der Waals surface area contributed by atoms with Crippen LogP contribution in [0, 0.1) is 13.8 Å². The predicted octanol–water partition coefficient (Wildman–Crippen LogP) is 5.23. The summed E-state index contributed by atoms with van der Waals surface area (Å²) in [7, 11) is -4.13. The second-order valence-electron chi connectivity index (χ2n) is 10.2. The van der Waals surface area contributed by atoms with E-state index >= 15 is 0 Å². The Labute approximate surface area is 244 Å². The van der Waals surface area contributed by atoms with Gasteiger partial charge in [0, 0.05) is 12.6 Å². The number of sulfonamides is 1. The van der Waals surface area contributed by atoms with Gasteiger partial charge in [0.05, 0.1) is 17.2 Å². The first kappa shape index (κ1) is 31.7. The highest BCUT2D eigenvalue weighted by Gasteiger charge is 2.33. The molecule has 0 spiro atoms. The Morgan fingerprint density at radius 2 is 1.54 bits per heavy atom. The molecule has 3 aromatic rings. The van der Waals surface area contributed by atoms with Gasteiger partial charge in [0.25, 0.3) is 10.0 Å². The van der Waals surface area contributed by atoms with E-state index in [1.807, 2.05) is 58.9 Å². The normalized spacial score (nSPS) is 12.7. The van der Waals surface area contributed by atoms with Crippen molar-refractivity contribution < 1.29 is 22.7 Å². The summed E-state index contributed by atoms with van der Waals surface area (Å²) >= 11 is 0.